The van der Waals surface area contributed by atoms with Crippen LogP contribution >= 0.6 is 22.6 Å². The molecule has 0 amide bonds. The van der Waals surface area contributed by atoms with Crippen LogP contribution in [0.5, 0.6) is 0 Å². The van der Waals surface area contributed by atoms with Crippen LogP contribution in [0.1, 0.15) is 5.56 Å². The van der Waals surface area contributed by atoms with Crippen molar-refractivity contribution in [2.75, 3.05) is 12.8 Å². The average molecular weight is 397 g/mol. The van der Waals surface area contributed by atoms with Crippen molar-refractivity contribution in [3.63, 3.8) is 0 Å². The second kappa shape index (κ2) is 5.61. The minimum atomic E-state index is -0.280. The lowest BCUT2D eigenvalue weighted by Gasteiger charge is -2.09. The van der Waals surface area contributed by atoms with Crippen LogP contribution in [0.3, 0.4) is 0 Å². The van der Waals surface area contributed by atoms with Crippen LogP contribution in [0, 0.1) is 9.39 Å². The first-order chi connectivity index (χ1) is 10.1. The van der Waals surface area contributed by atoms with Crippen molar-refractivity contribution in [2.24, 2.45) is 0 Å². The van der Waals surface area contributed by atoms with Crippen LogP contribution in [0.4, 0.5) is 10.3 Å². The summed E-state index contributed by atoms with van der Waals surface area (Å²) in [6.07, 6.45) is 0. The first-order valence-corrected chi connectivity index (χ1v) is 7.39. The average Bonchev–Trinajstić information content (AvgIpc) is 2.75. The fourth-order valence-corrected chi connectivity index (χ4v) is 2.77. The van der Waals surface area contributed by atoms with Crippen molar-refractivity contribution in [1.29, 1.82) is 0 Å². The van der Waals surface area contributed by atoms with E-state index in [4.69, 9.17) is 10.5 Å². The molecule has 2 N–H and O–H groups in total. The third-order valence-electron chi connectivity index (χ3n) is 3.20. The highest BCUT2D eigenvalue weighted by Gasteiger charge is 2.13. The molecule has 0 aliphatic carbocycles. The van der Waals surface area contributed by atoms with Gasteiger partial charge in [-0.2, -0.15) is 0 Å². The predicted molar refractivity (Wildman–Crippen MR) is 88.9 cm³/mol. The molecule has 0 saturated heterocycles. The molecule has 0 aliphatic rings. The molecule has 0 aliphatic heterocycles. The zero-order chi connectivity index (χ0) is 15.0. The van der Waals surface area contributed by atoms with Crippen LogP contribution in [-0.4, -0.2) is 16.7 Å². The first kappa shape index (κ1) is 14.3. The molecule has 1 aromatic heterocycles. The van der Waals surface area contributed by atoms with Crippen molar-refractivity contribution in [3.8, 4) is 5.69 Å². The lowest BCUT2D eigenvalue weighted by atomic mass is 10.2. The van der Waals surface area contributed by atoms with Crippen molar-refractivity contribution in [1.82, 2.24) is 9.55 Å². The number of ether oxygens (including phenoxy) is 1. The molecule has 4 nitrogen and oxygen atoms in total. The topological polar surface area (TPSA) is 53.1 Å². The number of nitrogen functional groups attached to an aromatic ring is 1. The maximum absolute atomic E-state index is 13.8. The maximum Gasteiger partial charge on any atom is 0.205 e. The highest BCUT2D eigenvalue weighted by molar-refractivity contribution is 14.1. The molecule has 0 radical (unpaired) electrons. The molecule has 1 heterocycles. The van der Waals surface area contributed by atoms with Gasteiger partial charge in [0, 0.05) is 18.9 Å². The van der Waals surface area contributed by atoms with E-state index >= 15 is 0 Å². The largest absolute Gasteiger partial charge is 0.380 e. The molecule has 108 valence electrons. The number of rotatable bonds is 3. The number of methoxy groups -OCH3 is 1. The molecule has 0 atom stereocenters. The molecule has 21 heavy (non-hydrogen) atoms. The van der Waals surface area contributed by atoms with Gasteiger partial charge in [-0.3, -0.25) is 4.57 Å². The number of halogens is 2. The van der Waals surface area contributed by atoms with Gasteiger partial charge in [0.15, 0.2) is 0 Å². The molecule has 0 saturated carbocycles. The van der Waals surface area contributed by atoms with Crippen molar-refractivity contribution < 1.29 is 9.13 Å². The summed E-state index contributed by atoms with van der Waals surface area (Å²) in [4.78, 5) is 4.31. The van der Waals surface area contributed by atoms with E-state index in [9.17, 15) is 4.39 Å². The van der Waals surface area contributed by atoms with Gasteiger partial charge in [-0.05, 0) is 46.4 Å². The van der Waals surface area contributed by atoms with E-state index < -0.39 is 0 Å². The molecule has 0 spiro atoms. The van der Waals surface area contributed by atoms with Crippen LogP contribution in [0.2, 0.25) is 0 Å². The van der Waals surface area contributed by atoms with Gasteiger partial charge in [0.05, 0.1) is 21.2 Å². The predicted octanol–water partition coefficient (Wildman–Crippen LogP) is 3.50. The smallest absolute Gasteiger partial charge is 0.205 e. The van der Waals surface area contributed by atoms with Gasteiger partial charge < -0.3 is 10.5 Å². The molecule has 0 bridgehead atoms. The fourth-order valence-electron chi connectivity index (χ4n) is 2.31. The summed E-state index contributed by atoms with van der Waals surface area (Å²) in [5.74, 6) is 0.0539. The summed E-state index contributed by atoms with van der Waals surface area (Å²) in [6.45, 7) is 0.507. The van der Waals surface area contributed by atoms with Crippen molar-refractivity contribution in [3.05, 3.63) is 51.3 Å². The number of hydrogen-bond acceptors (Lipinski definition) is 3. The first-order valence-electron chi connectivity index (χ1n) is 6.31. The molecule has 6 heteroatoms. The van der Waals surface area contributed by atoms with Crippen molar-refractivity contribution in [2.45, 2.75) is 6.61 Å². The quantitative estimate of drug-likeness (QED) is 0.689. The van der Waals surface area contributed by atoms with Gasteiger partial charge in [0.2, 0.25) is 5.95 Å². The summed E-state index contributed by atoms with van der Waals surface area (Å²) in [6, 6.07) is 10.9. The molecule has 0 fully saturated rings. The lowest BCUT2D eigenvalue weighted by Crippen LogP contribution is -2.01. The lowest BCUT2D eigenvalue weighted by molar-refractivity contribution is 0.185. The monoisotopic (exact) mass is 397 g/mol. The molecular weight excluding hydrogens is 384 g/mol. The van der Waals surface area contributed by atoms with E-state index in [0.717, 1.165) is 11.3 Å². The number of nitrogens with two attached hydrogens (primary N) is 1. The van der Waals surface area contributed by atoms with E-state index in [1.807, 2.05) is 46.9 Å². The summed E-state index contributed by atoms with van der Waals surface area (Å²) >= 11 is 1.94. The Kier molecular flexibility index (Phi) is 3.81. The van der Waals surface area contributed by atoms with E-state index in [1.165, 1.54) is 6.07 Å². The number of nitrogens with zero attached hydrogens (tertiary/aromatic N) is 2. The van der Waals surface area contributed by atoms with Crippen LogP contribution in [-0.2, 0) is 11.3 Å². The maximum atomic E-state index is 13.8. The Hall–Kier alpha value is -1.67. The van der Waals surface area contributed by atoms with Gasteiger partial charge in [0.25, 0.3) is 0 Å². The van der Waals surface area contributed by atoms with Gasteiger partial charge >= 0.3 is 0 Å². The summed E-state index contributed by atoms with van der Waals surface area (Å²) in [5.41, 5.74) is 9.19. The second-order valence-electron chi connectivity index (χ2n) is 4.66. The van der Waals surface area contributed by atoms with E-state index in [0.29, 0.717) is 27.2 Å². The fraction of sp³-hybridized carbons (Fsp3) is 0.133. The van der Waals surface area contributed by atoms with E-state index in [2.05, 4.69) is 4.98 Å². The summed E-state index contributed by atoms with van der Waals surface area (Å²) in [7, 11) is 1.64. The van der Waals surface area contributed by atoms with Crippen LogP contribution < -0.4 is 5.73 Å². The summed E-state index contributed by atoms with van der Waals surface area (Å²) in [5, 5.41) is 0. The van der Waals surface area contributed by atoms with E-state index in [1.54, 1.807) is 17.7 Å². The minimum Gasteiger partial charge on any atom is -0.380 e. The number of aromatic nitrogens is 2. The zero-order valence-electron chi connectivity index (χ0n) is 11.3. The molecule has 2 aromatic carbocycles. The van der Waals surface area contributed by atoms with Gasteiger partial charge in [-0.25, -0.2) is 9.37 Å². The Labute approximate surface area is 134 Å². The zero-order valence-corrected chi connectivity index (χ0v) is 13.5. The Morgan fingerprint density at radius 3 is 2.90 bits per heavy atom. The highest BCUT2D eigenvalue weighted by Crippen LogP contribution is 2.26. The van der Waals surface area contributed by atoms with E-state index in [-0.39, 0.29) is 5.82 Å². The Morgan fingerprint density at radius 1 is 1.33 bits per heavy atom. The Morgan fingerprint density at radius 2 is 2.14 bits per heavy atom. The highest BCUT2D eigenvalue weighted by atomic mass is 127. The third-order valence-corrected chi connectivity index (χ3v) is 4.03. The Balaban J connectivity index is 2.22. The second-order valence-corrected chi connectivity index (χ2v) is 5.83. The molecular formula is C15H13FIN3O. The molecule has 3 aromatic rings. The SMILES string of the molecule is COCc1cccc(-n2c(N)nc3cc(I)c(F)cc32)c1. The van der Waals surface area contributed by atoms with Crippen molar-refractivity contribution >= 4 is 39.6 Å². The number of benzene rings is 2. The number of hydrogen-bond donors (Lipinski definition) is 1. The molecule has 0 unspecified atom stereocenters. The normalized spacial score (nSPS) is 11.2. The van der Waals surface area contributed by atoms with Crippen LogP contribution in [0.15, 0.2) is 36.4 Å². The van der Waals surface area contributed by atoms with Gasteiger partial charge in [-0.1, -0.05) is 12.1 Å². The van der Waals surface area contributed by atoms with Gasteiger partial charge in [-0.15, -0.1) is 0 Å². The Bertz CT molecular complexity index is 816. The number of fused-ring (bicyclic) bond motifs is 1. The molecule has 3 rings (SSSR count). The number of imidazole rings is 1. The van der Waals surface area contributed by atoms with Crippen LogP contribution in [0.25, 0.3) is 16.7 Å². The van der Waals surface area contributed by atoms with Gasteiger partial charge in [0.1, 0.15) is 5.82 Å². The minimum absolute atomic E-state index is 0.280. The number of anilines is 1. The third kappa shape index (κ3) is 2.60. The summed E-state index contributed by atoms with van der Waals surface area (Å²) < 4.78 is 21.2. The standard InChI is InChI=1S/C15H13FIN3O/c1-21-8-9-3-2-4-10(5-9)20-14-6-11(16)12(17)7-13(14)19-15(20)18/h2-7H,8H2,1H3,(H2,18,19).